The molecule has 0 atom stereocenters. The third-order valence-electron chi connectivity index (χ3n) is 6.53. The number of ether oxygens (including phenoxy) is 1. The van der Waals surface area contributed by atoms with Gasteiger partial charge in [0.2, 0.25) is 0 Å². The molecule has 1 amide bonds. The zero-order chi connectivity index (χ0) is 22.9. The molecular weight excluding hydrogens is 438 g/mol. The Labute approximate surface area is 197 Å². The number of nitrogens with zero attached hydrogens (tertiary/aromatic N) is 1. The molecule has 6 heteroatoms. The van der Waals surface area contributed by atoms with Gasteiger partial charge in [-0.25, -0.2) is 4.79 Å². The van der Waals surface area contributed by atoms with Gasteiger partial charge in [0.15, 0.2) is 0 Å². The SMILES string of the molecule is O=C(O)c1ccc(-c2cccc(COc3ccc4c(c3)CN(C3CCCC3)C4=O)c2)c(Cl)c1. The Bertz CT molecular complexity index is 1230. The van der Waals surface area contributed by atoms with E-state index in [1.165, 1.54) is 18.9 Å². The number of carbonyl (C=O) groups excluding carboxylic acids is 1. The Morgan fingerprint density at radius 3 is 2.58 bits per heavy atom. The van der Waals surface area contributed by atoms with Gasteiger partial charge in [-0.1, -0.05) is 48.7 Å². The van der Waals surface area contributed by atoms with E-state index >= 15 is 0 Å². The highest BCUT2D eigenvalue weighted by Crippen LogP contribution is 2.34. The highest BCUT2D eigenvalue weighted by Gasteiger charge is 2.34. The number of benzene rings is 3. The van der Waals surface area contributed by atoms with Gasteiger partial charge >= 0.3 is 5.97 Å². The van der Waals surface area contributed by atoms with Crippen molar-refractivity contribution in [2.75, 3.05) is 0 Å². The number of carboxylic acids is 1. The van der Waals surface area contributed by atoms with Gasteiger partial charge in [0.25, 0.3) is 5.91 Å². The summed E-state index contributed by atoms with van der Waals surface area (Å²) < 4.78 is 6.04. The number of fused-ring (bicyclic) bond motifs is 1. The van der Waals surface area contributed by atoms with Gasteiger partial charge in [0.1, 0.15) is 12.4 Å². The summed E-state index contributed by atoms with van der Waals surface area (Å²) in [5, 5.41) is 9.53. The molecule has 0 aromatic heterocycles. The molecular formula is C27H24ClNO4. The lowest BCUT2D eigenvalue weighted by Crippen LogP contribution is -2.33. The van der Waals surface area contributed by atoms with E-state index < -0.39 is 5.97 Å². The fourth-order valence-corrected chi connectivity index (χ4v) is 5.09. The zero-order valence-electron chi connectivity index (χ0n) is 18.1. The number of hydrogen-bond donors (Lipinski definition) is 1. The van der Waals surface area contributed by atoms with E-state index in [-0.39, 0.29) is 11.5 Å². The average molecular weight is 462 g/mol. The van der Waals surface area contributed by atoms with Crippen LogP contribution in [0.15, 0.2) is 60.7 Å². The first-order valence-electron chi connectivity index (χ1n) is 11.2. The largest absolute Gasteiger partial charge is 0.489 e. The van der Waals surface area contributed by atoms with Gasteiger partial charge in [-0.3, -0.25) is 4.79 Å². The first-order chi connectivity index (χ1) is 16.0. The Kier molecular flexibility index (Phi) is 5.81. The van der Waals surface area contributed by atoms with Crippen molar-refractivity contribution in [1.29, 1.82) is 0 Å². The van der Waals surface area contributed by atoms with Crippen LogP contribution in [0.2, 0.25) is 5.02 Å². The lowest BCUT2D eigenvalue weighted by molar-refractivity contribution is 0.0691. The summed E-state index contributed by atoms with van der Waals surface area (Å²) >= 11 is 6.33. The van der Waals surface area contributed by atoms with Crippen LogP contribution in [0.1, 0.15) is 57.5 Å². The normalized spacial score (nSPS) is 15.7. The number of amides is 1. The summed E-state index contributed by atoms with van der Waals surface area (Å²) in [6.07, 6.45) is 4.60. The van der Waals surface area contributed by atoms with E-state index in [1.54, 1.807) is 12.1 Å². The van der Waals surface area contributed by atoms with Crippen molar-refractivity contribution >= 4 is 23.5 Å². The van der Waals surface area contributed by atoms with Crippen molar-refractivity contribution in [2.45, 2.75) is 44.9 Å². The van der Waals surface area contributed by atoms with Crippen molar-refractivity contribution in [3.63, 3.8) is 0 Å². The van der Waals surface area contributed by atoms with Crippen LogP contribution in [0, 0.1) is 0 Å². The minimum atomic E-state index is -1.01. The molecule has 1 fully saturated rings. The molecule has 0 radical (unpaired) electrons. The summed E-state index contributed by atoms with van der Waals surface area (Å²) in [5.74, 6) is -0.126. The maximum absolute atomic E-state index is 12.8. The molecule has 1 saturated carbocycles. The number of carboxylic acid groups (broad SMARTS) is 1. The van der Waals surface area contributed by atoms with Gasteiger partial charge in [-0.05, 0) is 65.9 Å². The molecule has 3 aromatic rings. The van der Waals surface area contributed by atoms with Crippen LogP contribution < -0.4 is 4.74 Å². The summed E-state index contributed by atoms with van der Waals surface area (Å²) in [4.78, 5) is 25.9. The van der Waals surface area contributed by atoms with E-state index in [0.29, 0.717) is 24.2 Å². The topological polar surface area (TPSA) is 66.8 Å². The zero-order valence-corrected chi connectivity index (χ0v) is 18.8. The van der Waals surface area contributed by atoms with Crippen molar-refractivity contribution < 1.29 is 19.4 Å². The molecule has 33 heavy (non-hydrogen) atoms. The number of halogens is 1. The predicted octanol–water partition coefficient (Wildman–Crippen LogP) is 6.18. The first kappa shape index (κ1) is 21.5. The fraction of sp³-hybridized carbons (Fsp3) is 0.259. The van der Waals surface area contributed by atoms with Gasteiger partial charge in [-0.15, -0.1) is 0 Å². The molecule has 1 N–H and O–H groups in total. The quantitative estimate of drug-likeness (QED) is 0.475. The molecule has 2 aliphatic rings. The lowest BCUT2D eigenvalue weighted by Gasteiger charge is -2.23. The lowest BCUT2D eigenvalue weighted by atomic mass is 10.0. The maximum Gasteiger partial charge on any atom is 0.335 e. The van der Waals surface area contributed by atoms with Crippen molar-refractivity contribution in [3.8, 4) is 16.9 Å². The molecule has 168 valence electrons. The second-order valence-electron chi connectivity index (χ2n) is 8.68. The fourth-order valence-electron chi connectivity index (χ4n) is 4.80. The smallest absolute Gasteiger partial charge is 0.335 e. The minimum Gasteiger partial charge on any atom is -0.489 e. The van der Waals surface area contributed by atoms with Gasteiger partial charge < -0.3 is 14.7 Å². The highest BCUT2D eigenvalue weighted by molar-refractivity contribution is 6.33. The van der Waals surface area contributed by atoms with Crippen LogP contribution in [0.3, 0.4) is 0 Å². The number of aromatic carboxylic acids is 1. The van der Waals surface area contributed by atoms with E-state index in [9.17, 15) is 9.59 Å². The van der Waals surface area contributed by atoms with Crippen LogP contribution in [0.25, 0.3) is 11.1 Å². The molecule has 1 heterocycles. The van der Waals surface area contributed by atoms with Crippen LogP contribution in [0.4, 0.5) is 0 Å². The monoisotopic (exact) mass is 461 g/mol. The van der Waals surface area contributed by atoms with Crippen molar-refractivity contribution in [3.05, 3.63) is 87.9 Å². The van der Waals surface area contributed by atoms with Gasteiger partial charge in [0, 0.05) is 28.7 Å². The van der Waals surface area contributed by atoms with Gasteiger partial charge in [-0.2, -0.15) is 0 Å². The summed E-state index contributed by atoms with van der Waals surface area (Å²) in [6.45, 7) is 1.04. The second-order valence-corrected chi connectivity index (χ2v) is 9.09. The summed E-state index contributed by atoms with van der Waals surface area (Å²) in [6, 6.07) is 18.6. The molecule has 0 unspecified atom stereocenters. The van der Waals surface area contributed by atoms with Gasteiger partial charge in [0.05, 0.1) is 5.56 Å². The summed E-state index contributed by atoms with van der Waals surface area (Å²) in [7, 11) is 0. The molecule has 1 aliphatic heterocycles. The number of carbonyl (C=O) groups is 2. The predicted molar refractivity (Wildman–Crippen MR) is 127 cm³/mol. The molecule has 0 bridgehead atoms. The van der Waals surface area contributed by atoms with Crippen LogP contribution in [-0.4, -0.2) is 27.9 Å². The Morgan fingerprint density at radius 2 is 1.82 bits per heavy atom. The molecule has 5 rings (SSSR count). The average Bonchev–Trinajstić information content (AvgIpc) is 3.46. The van der Waals surface area contributed by atoms with Crippen LogP contribution in [-0.2, 0) is 13.2 Å². The van der Waals surface area contributed by atoms with Crippen molar-refractivity contribution in [1.82, 2.24) is 4.90 Å². The Morgan fingerprint density at radius 1 is 1.03 bits per heavy atom. The first-order valence-corrected chi connectivity index (χ1v) is 11.6. The third kappa shape index (κ3) is 4.33. The molecule has 0 spiro atoms. The molecule has 3 aromatic carbocycles. The Hall–Kier alpha value is -3.31. The molecule has 0 saturated heterocycles. The van der Waals surface area contributed by atoms with Crippen LogP contribution in [0.5, 0.6) is 5.75 Å². The molecule has 5 nitrogen and oxygen atoms in total. The number of rotatable bonds is 6. The van der Waals surface area contributed by atoms with Crippen molar-refractivity contribution in [2.24, 2.45) is 0 Å². The summed E-state index contributed by atoms with van der Waals surface area (Å²) in [5.41, 5.74) is 4.61. The molecule has 1 aliphatic carbocycles. The third-order valence-corrected chi connectivity index (χ3v) is 6.85. The Balaban J connectivity index is 1.29. The number of hydrogen-bond acceptors (Lipinski definition) is 3. The second kappa shape index (κ2) is 8.91. The van der Waals surface area contributed by atoms with E-state index in [4.69, 9.17) is 21.4 Å². The van der Waals surface area contributed by atoms with E-state index in [1.807, 2.05) is 47.4 Å². The standard InChI is InChI=1S/C27H24ClNO4/c28-25-14-19(27(31)32)8-10-23(25)18-5-3-4-17(12-18)16-33-22-9-11-24-20(13-22)15-29(26(24)30)21-6-1-2-7-21/h3-5,8-14,21H,1-2,6-7,15-16H2,(H,31,32). The minimum absolute atomic E-state index is 0.141. The maximum atomic E-state index is 12.8. The van der Waals surface area contributed by atoms with E-state index in [2.05, 4.69) is 0 Å². The van der Waals surface area contributed by atoms with Crippen LogP contribution >= 0.6 is 11.6 Å². The van der Waals surface area contributed by atoms with E-state index in [0.717, 1.165) is 46.4 Å². The highest BCUT2D eigenvalue weighted by atomic mass is 35.5.